The highest BCUT2D eigenvalue weighted by Gasteiger charge is 2.07. The number of fused-ring (bicyclic) bond motifs is 1. The predicted molar refractivity (Wildman–Crippen MR) is 68.8 cm³/mol. The summed E-state index contributed by atoms with van der Waals surface area (Å²) in [5.74, 6) is 0.316. The molecule has 90 valence electrons. The number of pyridine rings is 1. The minimum absolute atomic E-state index is 0.346. The van der Waals surface area contributed by atoms with E-state index in [0.717, 1.165) is 11.0 Å². The van der Waals surface area contributed by atoms with E-state index in [0.29, 0.717) is 11.5 Å². The molecule has 0 saturated carbocycles. The maximum Gasteiger partial charge on any atom is 0.157 e. The Morgan fingerprint density at radius 3 is 2.61 bits per heavy atom. The van der Waals surface area contributed by atoms with E-state index in [2.05, 4.69) is 34.9 Å². The molecule has 0 unspecified atom stereocenters. The molecule has 0 atom stereocenters. The lowest BCUT2D eigenvalue weighted by Crippen LogP contribution is -1.85. The van der Waals surface area contributed by atoms with Crippen LogP contribution in [0.15, 0.2) is 30.5 Å². The molecule has 4 heteroatoms. The van der Waals surface area contributed by atoms with Crippen LogP contribution in [0.5, 0.6) is 0 Å². The molecule has 2 aromatic heterocycles. The number of nitrogens with zero attached hydrogens (tertiary/aromatic N) is 2. The van der Waals surface area contributed by atoms with Crippen LogP contribution in [-0.4, -0.2) is 15.0 Å². The summed E-state index contributed by atoms with van der Waals surface area (Å²) < 4.78 is 12.8. The summed E-state index contributed by atoms with van der Waals surface area (Å²) in [6.07, 6.45) is 1.19. The second-order valence-corrected chi connectivity index (χ2v) is 4.40. The van der Waals surface area contributed by atoms with Crippen LogP contribution in [0.4, 0.5) is 4.39 Å². The van der Waals surface area contributed by atoms with Gasteiger partial charge in [-0.15, -0.1) is 0 Å². The van der Waals surface area contributed by atoms with Crippen LogP contribution in [0.3, 0.4) is 0 Å². The number of halogens is 1. The third kappa shape index (κ3) is 1.76. The molecule has 1 N–H and O–H groups in total. The number of hydrogen-bond acceptors (Lipinski definition) is 2. The van der Waals surface area contributed by atoms with Crippen molar-refractivity contribution in [3.05, 3.63) is 47.4 Å². The monoisotopic (exact) mass is 241 g/mol. The van der Waals surface area contributed by atoms with E-state index in [1.165, 1.54) is 23.4 Å². The number of aromatic amines is 1. The van der Waals surface area contributed by atoms with Gasteiger partial charge < -0.3 is 4.98 Å². The minimum Gasteiger partial charge on any atom is -0.337 e. The molecule has 0 bridgehead atoms. The minimum atomic E-state index is -0.346. The quantitative estimate of drug-likeness (QED) is 0.709. The molecule has 0 fully saturated rings. The lowest BCUT2D eigenvalue weighted by atomic mass is 10.1. The Bertz CT molecular complexity index is 675. The highest BCUT2D eigenvalue weighted by atomic mass is 19.1. The van der Waals surface area contributed by atoms with Crippen LogP contribution in [0.2, 0.25) is 0 Å². The van der Waals surface area contributed by atoms with Gasteiger partial charge in [-0.05, 0) is 49.2 Å². The van der Waals surface area contributed by atoms with E-state index < -0.39 is 0 Å². The van der Waals surface area contributed by atoms with Gasteiger partial charge in [0, 0.05) is 0 Å². The number of imidazole rings is 1. The molecule has 3 aromatic rings. The molecule has 2 heterocycles. The topological polar surface area (TPSA) is 41.6 Å². The normalized spacial score (nSPS) is 11.1. The van der Waals surface area contributed by atoms with Crippen LogP contribution in [0, 0.1) is 19.7 Å². The zero-order chi connectivity index (χ0) is 12.7. The molecule has 0 saturated heterocycles. The summed E-state index contributed by atoms with van der Waals surface area (Å²) in [4.78, 5) is 11.7. The van der Waals surface area contributed by atoms with Crippen molar-refractivity contribution in [2.75, 3.05) is 0 Å². The van der Waals surface area contributed by atoms with Crippen LogP contribution in [-0.2, 0) is 0 Å². The van der Waals surface area contributed by atoms with E-state index in [1.54, 1.807) is 6.07 Å². The van der Waals surface area contributed by atoms with Crippen molar-refractivity contribution >= 4 is 11.0 Å². The van der Waals surface area contributed by atoms with Gasteiger partial charge in [-0.3, -0.25) is 0 Å². The Kier molecular flexibility index (Phi) is 2.37. The summed E-state index contributed by atoms with van der Waals surface area (Å²) in [5.41, 5.74) is 4.93. The fourth-order valence-electron chi connectivity index (χ4n) is 1.91. The SMILES string of the molecule is Cc1cc2nc(-c3ccc(F)cn3)[nH]c2cc1C. The number of H-pyrrole nitrogens is 1. The van der Waals surface area contributed by atoms with E-state index in [1.807, 2.05) is 6.07 Å². The Morgan fingerprint density at radius 1 is 1.11 bits per heavy atom. The van der Waals surface area contributed by atoms with E-state index >= 15 is 0 Å². The fraction of sp³-hybridized carbons (Fsp3) is 0.143. The maximum absolute atomic E-state index is 12.8. The van der Waals surface area contributed by atoms with Gasteiger partial charge in [-0.2, -0.15) is 0 Å². The summed E-state index contributed by atoms with van der Waals surface area (Å²) in [6, 6.07) is 7.09. The first-order chi connectivity index (χ1) is 8.63. The largest absolute Gasteiger partial charge is 0.337 e. The van der Waals surface area contributed by atoms with Crippen molar-refractivity contribution in [3.8, 4) is 11.5 Å². The van der Waals surface area contributed by atoms with Gasteiger partial charge in [0.05, 0.1) is 17.2 Å². The molecule has 3 rings (SSSR count). The van der Waals surface area contributed by atoms with Gasteiger partial charge in [-0.25, -0.2) is 14.4 Å². The lowest BCUT2D eigenvalue weighted by molar-refractivity contribution is 0.621. The van der Waals surface area contributed by atoms with Gasteiger partial charge in [0.2, 0.25) is 0 Å². The van der Waals surface area contributed by atoms with E-state index in [9.17, 15) is 4.39 Å². The van der Waals surface area contributed by atoms with Gasteiger partial charge in [0.25, 0.3) is 0 Å². The summed E-state index contributed by atoms with van der Waals surface area (Å²) in [7, 11) is 0. The van der Waals surface area contributed by atoms with Crippen LogP contribution >= 0.6 is 0 Å². The fourth-order valence-corrected chi connectivity index (χ4v) is 1.91. The van der Waals surface area contributed by atoms with Crippen molar-refractivity contribution in [1.82, 2.24) is 15.0 Å². The van der Waals surface area contributed by atoms with Crippen molar-refractivity contribution in [2.24, 2.45) is 0 Å². The summed E-state index contributed by atoms with van der Waals surface area (Å²) in [5, 5.41) is 0. The zero-order valence-corrected chi connectivity index (χ0v) is 10.2. The lowest BCUT2D eigenvalue weighted by Gasteiger charge is -1.97. The second-order valence-electron chi connectivity index (χ2n) is 4.40. The first-order valence-electron chi connectivity index (χ1n) is 5.72. The average Bonchev–Trinajstić information content (AvgIpc) is 2.73. The number of hydrogen-bond donors (Lipinski definition) is 1. The molecule has 0 aliphatic carbocycles. The first kappa shape index (κ1) is 10.9. The van der Waals surface area contributed by atoms with Crippen molar-refractivity contribution < 1.29 is 4.39 Å². The highest BCUT2D eigenvalue weighted by Crippen LogP contribution is 2.21. The number of aromatic nitrogens is 3. The zero-order valence-electron chi connectivity index (χ0n) is 10.2. The molecular weight excluding hydrogens is 229 g/mol. The molecule has 0 aliphatic rings. The highest BCUT2D eigenvalue weighted by molar-refractivity contribution is 5.80. The Morgan fingerprint density at radius 2 is 1.89 bits per heavy atom. The van der Waals surface area contributed by atoms with Crippen molar-refractivity contribution in [3.63, 3.8) is 0 Å². The first-order valence-corrected chi connectivity index (χ1v) is 5.72. The second kappa shape index (κ2) is 3.91. The number of nitrogens with one attached hydrogen (secondary N) is 1. The Labute approximate surface area is 104 Å². The van der Waals surface area contributed by atoms with Crippen LogP contribution in [0.1, 0.15) is 11.1 Å². The molecule has 0 spiro atoms. The molecule has 0 radical (unpaired) electrons. The van der Waals surface area contributed by atoms with Gasteiger partial charge in [-0.1, -0.05) is 0 Å². The number of rotatable bonds is 1. The predicted octanol–water partition coefficient (Wildman–Crippen LogP) is 3.38. The van der Waals surface area contributed by atoms with Crippen molar-refractivity contribution in [2.45, 2.75) is 13.8 Å². The van der Waals surface area contributed by atoms with Crippen molar-refractivity contribution in [1.29, 1.82) is 0 Å². The van der Waals surface area contributed by atoms with Gasteiger partial charge in [0.1, 0.15) is 11.5 Å². The Hall–Kier alpha value is -2.23. The van der Waals surface area contributed by atoms with Gasteiger partial charge in [0.15, 0.2) is 5.82 Å². The molecule has 3 nitrogen and oxygen atoms in total. The molecule has 0 amide bonds. The molecule has 0 aliphatic heterocycles. The Balaban J connectivity index is 2.16. The average molecular weight is 241 g/mol. The standard InChI is InChI=1S/C14H12FN3/c1-8-5-12-13(6-9(8)2)18-14(17-12)11-4-3-10(15)7-16-11/h3-7H,1-2H3,(H,17,18). The molecule has 1 aromatic carbocycles. The third-order valence-corrected chi connectivity index (χ3v) is 3.07. The van der Waals surface area contributed by atoms with E-state index in [4.69, 9.17) is 0 Å². The van der Waals surface area contributed by atoms with Crippen LogP contribution < -0.4 is 0 Å². The number of aryl methyl sites for hydroxylation is 2. The maximum atomic E-state index is 12.8. The smallest absolute Gasteiger partial charge is 0.157 e. The molecule has 18 heavy (non-hydrogen) atoms. The third-order valence-electron chi connectivity index (χ3n) is 3.07. The van der Waals surface area contributed by atoms with E-state index in [-0.39, 0.29) is 5.82 Å². The summed E-state index contributed by atoms with van der Waals surface area (Å²) >= 11 is 0. The van der Waals surface area contributed by atoms with Crippen LogP contribution in [0.25, 0.3) is 22.6 Å². The van der Waals surface area contributed by atoms with Gasteiger partial charge >= 0.3 is 0 Å². The number of benzene rings is 1. The molecular formula is C14H12FN3. The summed E-state index contributed by atoms with van der Waals surface area (Å²) in [6.45, 7) is 4.12.